The molecule has 0 spiro atoms. The Hall–Kier alpha value is -3.56. The van der Waals surface area contributed by atoms with Gasteiger partial charge in [0.25, 0.3) is 0 Å². The summed E-state index contributed by atoms with van der Waals surface area (Å²) in [5.74, 6) is 1.55. The van der Waals surface area contributed by atoms with Crippen molar-refractivity contribution in [3.05, 3.63) is 131 Å². The SMILES string of the molecule is COc1cc(CN(CCCc2ccccc2)Cc2ccccc2)ccc1OCc1ccccc1. The van der Waals surface area contributed by atoms with Crippen molar-refractivity contribution in [3.63, 3.8) is 0 Å². The van der Waals surface area contributed by atoms with Crippen molar-refractivity contribution in [2.45, 2.75) is 32.5 Å². The molecule has 0 heterocycles. The molecule has 4 rings (SSSR count). The van der Waals surface area contributed by atoms with Crippen LogP contribution < -0.4 is 9.47 Å². The fourth-order valence-electron chi connectivity index (χ4n) is 4.13. The van der Waals surface area contributed by atoms with Gasteiger partial charge < -0.3 is 9.47 Å². The Morgan fingerprint density at radius 2 is 1.18 bits per heavy atom. The number of aryl methyl sites for hydroxylation is 1. The van der Waals surface area contributed by atoms with Crippen LogP contribution in [0.4, 0.5) is 0 Å². The van der Waals surface area contributed by atoms with Gasteiger partial charge >= 0.3 is 0 Å². The van der Waals surface area contributed by atoms with E-state index in [1.54, 1.807) is 7.11 Å². The second-order valence-corrected chi connectivity index (χ2v) is 8.54. The highest BCUT2D eigenvalue weighted by Gasteiger charge is 2.11. The Balaban J connectivity index is 1.42. The molecule has 34 heavy (non-hydrogen) atoms. The van der Waals surface area contributed by atoms with E-state index >= 15 is 0 Å². The van der Waals surface area contributed by atoms with Gasteiger partial charge in [0.1, 0.15) is 6.61 Å². The molecule has 0 bridgehead atoms. The molecule has 0 radical (unpaired) electrons. The number of nitrogens with zero attached hydrogens (tertiary/aromatic N) is 1. The third-order valence-electron chi connectivity index (χ3n) is 5.90. The van der Waals surface area contributed by atoms with Crippen LogP contribution in [0.15, 0.2) is 109 Å². The average molecular weight is 452 g/mol. The van der Waals surface area contributed by atoms with Gasteiger partial charge in [0, 0.05) is 13.1 Å². The second-order valence-electron chi connectivity index (χ2n) is 8.54. The minimum Gasteiger partial charge on any atom is -0.493 e. The van der Waals surface area contributed by atoms with Crippen molar-refractivity contribution in [2.75, 3.05) is 13.7 Å². The molecule has 0 aliphatic heterocycles. The molecule has 3 heteroatoms. The molecule has 174 valence electrons. The monoisotopic (exact) mass is 451 g/mol. The number of hydrogen-bond donors (Lipinski definition) is 0. The van der Waals surface area contributed by atoms with Gasteiger partial charge in [-0.2, -0.15) is 0 Å². The Labute approximate surface area is 203 Å². The Morgan fingerprint density at radius 1 is 0.588 bits per heavy atom. The quantitative estimate of drug-likeness (QED) is 0.234. The zero-order valence-corrected chi connectivity index (χ0v) is 19.9. The number of methoxy groups -OCH3 is 1. The fraction of sp³-hybridized carbons (Fsp3) is 0.226. The summed E-state index contributed by atoms with van der Waals surface area (Å²) in [7, 11) is 1.70. The van der Waals surface area contributed by atoms with E-state index in [-0.39, 0.29) is 0 Å². The van der Waals surface area contributed by atoms with E-state index < -0.39 is 0 Å². The molecule has 0 aromatic heterocycles. The molecule has 0 aliphatic rings. The summed E-state index contributed by atoms with van der Waals surface area (Å²) in [4.78, 5) is 2.51. The van der Waals surface area contributed by atoms with E-state index in [9.17, 15) is 0 Å². The van der Waals surface area contributed by atoms with Crippen molar-refractivity contribution < 1.29 is 9.47 Å². The summed E-state index contributed by atoms with van der Waals surface area (Å²) in [6, 6.07) is 37.9. The highest BCUT2D eigenvalue weighted by atomic mass is 16.5. The van der Waals surface area contributed by atoms with Gasteiger partial charge in [-0.1, -0.05) is 97.1 Å². The van der Waals surface area contributed by atoms with Crippen molar-refractivity contribution in [1.29, 1.82) is 0 Å². The second kappa shape index (κ2) is 12.6. The molecule has 0 saturated heterocycles. The molecule has 3 nitrogen and oxygen atoms in total. The average Bonchev–Trinajstić information content (AvgIpc) is 2.89. The number of ether oxygens (including phenoxy) is 2. The van der Waals surface area contributed by atoms with E-state index in [1.807, 2.05) is 24.3 Å². The molecule has 4 aromatic carbocycles. The van der Waals surface area contributed by atoms with Crippen LogP contribution in [0.25, 0.3) is 0 Å². The van der Waals surface area contributed by atoms with E-state index in [0.717, 1.165) is 49.5 Å². The molecular weight excluding hydrogens is 418 g/mol. The number of hydrogen-bond acceptors (Lipinski definition) is 3. The van der Waals surface area contributed by atoms with Crippen molar-refractivity contribution in [3.8, 4) is 11.5 Å². The summed E-state index contributed by atoms with van der Waals surface area (Å²) in [5, 5.41) is 0. The van der Waals surface area contributed by atoms with Gasteiger partial charge in [-0.25, -0.2) is 0 Å². The van der Waals surface area contributed by atoms with E-state index in [4.69, 9.17) is 9.47 Å². The lowest BCUT2D eigenvalue weighted by molar-refractivity contribution is 0.252. The highest BCUT2D eigenvalue weighted by molar-refractivity contribution is 5.43. The summed E-state index contributed by atoms with van der Waals surface area (Å²) in [5.41, 5.74) is 5.08. The maximum absolute atomic E-state index is 6.04. The first kappa shape index (κ1) is 23.6. The molecule has 0 fully saturated rings. The van der Waals surface area contributed by atoms with Gasteiger partial charge in [-0.15, -0.1) is 0 Å². The minimum absolute atomic E-state index is 0.524. The Bertz CT molecular complexity index is 1110. The van der Waals surface area contributed by atoms with Gasteiger partial charge in [0.15, 0.2) is 11.5 Å². The van der Waals surface area contributed by atoms with Crippen LogP contribution in [0, 0.1) is 0 Å². The molecular formula is C31H33NO2. The Morgan fingerprint density at radius 3 is 1.82 bits per heavy atom. The standard InChI is InChI=1S/C31H33NO2/c1-33-31-22-29(19-20-30(31)34-25-28-16-9-4-10-17-28)24-32(23-27-14-7-3-8-15-27)21-11-18-26-12-5-2-6-13-26/h2-10,12-17,19-20,22H,11,18,21,23-25H2,1H3. The van der Waals surface area contributed by atoms with Crippen LogP contribution >= 0.6 is 0 Å². The highest BCUT2D eigenvalue weighted by Crippen LogP contribution is 2.29. The van der Waals surface area contributed by atoms with Crippen LogP contribution in [-0.2, 0) is 26.1 Å². The van der Waals surface area contributed by atoms with Crippen molar-refractivity contribution in [2.24, 2.45) is 0 Å². The molecule has 0 amide bonds. The molecule has 0 aliphatic carbocycles. The lowest BCUT2D eigenvalue weighted by Crippen LogP contribution is -2.24. The van der Waals surface area contributed by atoms with E-state index in [1.165, 1.54) is 16.7 Å². The number of benzene rings is 4. The van der Waals surface area contributed by atoms with Crippen LogP contribution in [0.3, 0.4) is 0 Å². The number of rotatable bonds is 12. The predicted octanol–water partition coefficient (Wildman–Crippen LogP) is 6.91. The minimum atomic E-state index is 0.524. The van der Waals surface area contributed by atoms with Crippen LogP contribution in [0.2, 0.25) is 0 Å². The zero-order chi connectivity index (χ0) is 23.4. The summed E-state index contributed by atoms with van der Waals surface area (Å²) in [6.07, 6.45) is 2.20. The summed E-state index contributed by atoms with van der Waals surface area (Å²) in [6.45, 7) is 3.33. The van der Waals surface area contributed by atoms with Gasteiger partial charge in [0.05, 0.1) is 7.11 Å². The smallest absolute Gasteiger partial charge is 0.161 e. The summed E-state index contributed by atoms with van der Waals surface area (Å²) >= 11 is 0. The van der Waals surface area contributed by atoms with Gasteiger partial charge in [-0.05, 0) is 53.8 Å². The lowest BCUT2D eigenvalue weighted by Gasteiger charge is -2.23. The largest absolute Gasteiger partial charge is 0.493 e. The van der Waals surface area contributed by atoms with E-state index in [0.29, 0.717) is 6.61 Å². The van der Waals surface area contributed by atoms with Crippen LogP contribution in [0.1, 0.15) is 28.7 Å². The maximum atomic E-state index is 6.04. The van der Waals surface area contributed by atoms with Gasteiger partial charge in [0.2, 0.25) is 0 Å². The van der Waals surface area contributed by atoms with Crippen LogP contribution in [0.5, 0.6) is 11.5 Å². The maximum Gasteiger partial charge on any atom is 0.161 e. The van der Waals surface area contributed by atoms with E-state index in [2.05, 4.69) is 89.8 Å². The Kier molecular flexibility index (Phi) is 8.76. The van der Waals surface area contributed by atoms with Crippen molar-refractivity contribution in [1.82, 2.24) is 4.90 Å². The predicted molar refractivity (Wildman–Crippen MR) is 139 cm³/mol. The normalized spacial score (nSPS) is 10.9. The topological polar surface area (TPSA) is 21.7 Å². The van der Waals surface area contributed by atoms with Gasteiger partial charge in [-0.3, -0.25) is 4.90 Å². The van der Waals surface area contributed by atoms with Crippen LogP contribution in [-0.4, -0.2) is 18.6 Å². The third kappa shape index (κ3) is 7.23. The molecule has 0 N–H and O–H groups in total. The fourth-order valence-corrected chi connectivity index (χ4v) is 4.13. The molecule has 0 atom stereocenters. The molecule has 4 aromatic rings. The first-order valence-electron chi connectivity index (χ1n) is 11.9. The zero-order valence-electron chi connectivity index (χ0n) is 19.9. The lowest BCUT2D eigenvalue weighted by atomic mass is 10.1. The van der Waals surface area contributed by atoms with Crippen molar-refractivity contribution >= 4 is 0 Å². The molecule has 0 unspecified atom stereocenters. The first-order chi connectivity index (χ1) is 16.8. The first-order valence-corrected chi connectivity index (χ1v) is 11.9. The third-order valence-corrected chi connectivity index (χ3v) is 5.90. The molecule has 0 saturated carbocycles. The summed E-state index contributed by atoms with van der Waals surface area (Å²) < 4.78 is 11.7.